The number of ether oxygens (including phenoxy) is 2. The van der Waals surface area contributed by atoms with Crippen molar-refractivity contribution < 1.29 is 9.47 Å². The Balaban J connectivity index is 2.57. The number of benzene rings is 1. The predicted molar refractivity (Wildman–Crippen MR) is 49.5 cm³/mol. The van der Waals surface area contributed by atoms with Crippen molar-refractivity contribution in [3.05, 3.63) is 16.6 Å². The number of anilines is 1. The summed E-state index contributed by atoms with van der Waals surface area (Å²) >= 11 is 3.36. The Morgan fingerprint density at radius 3 is 2.50 bits per heavy atom. The third-order valence-corrected chi connectivity index (χ3v) is 2.30. The van der Waals surface area contributed by atoms with Crippen molar-refractivity contribution in [3.63, 3.8) is 0 Å². The van der Waals surface area contributed by atoms with E-state index in [1.165, 1.54) is 0 Å². The van der Waals surface area contributed by atoms with Crippen molar-refractivity contribution in [1.82, 2.24) is 0 Å². The summed E-state index contributed by atoms with van der Waals surface area (Å²) in [4.78, 5) is 0. The van der Waals surface area contributed by atoms with Gasteiger partial charge in [-0.15, -0.1) is 0 Å². The molecule has 0 spiro atoms. The molecular weight excluding hydrogens is 222 g/mol. The molecule has 0 saturated carbocycles. The summed E-state index contributed by atoms with van der Waals surface area (Å²) in [6, 6.07) is 3.64. The highest BCUT2D eigenvalue weighted by Crippen LogP contribution is 2.41. The quantitative estimate of drug-likeness (QED) is 0.691. The number of halogens is 1. The first kappa shape index (κ1) is 7.73. The van der Waals surface area contributed by atoms with Crippen LogP contribution in [0, 0.1) is 0 Å². The molecule has 0 aliphatic carbocycles. The highest BCUT2D eigenvalue weighted by atomic mass is 79.9. The van der Waals surface area contributed by atoms with Crippen LogP contribution >= 0.6 is 15.9 Å². The molecule has 0 fully saturated rings. The third kappa shape index (κ3) is 1.12. The lowest BCUT2D eigenvalue weighted by Gasteiger charge is -2.20. The summed E-state index contributed by atoms with van der Waals surface area (Å²) in [6.45, 7) is 1.14. The van der Waals surface area contributed by atoms with Gasteiger partial charge in [-0.1, -0.05) is 0 Å². The van der Waals surface area contributed by atoms with Crippen LogP contribution in [-0.2, 0) is 0 Å². The molecule has 4 heteroatoms. The van der Waals surface area contributed by atoms with Gasteiger partial charge in [-0.3, -0.25) is 0 Å². The fourth-order valence-electron chi connectivity index (χ4n) is 1.12. The number of fused-ring (bicyclic) bond motifs is 1. The average Bonchev–Trinajstić information content (AvgIpc) is 2.12. The Morgan fingerprint density at radius 2 is 1.83 bits per heavy atom. The van der Waals surface area contributed by atoms with Crippen LogP contribution in [0.5, 0.6) is 11.5 Å². The zero-order valence-corrected chi connectivity index (χ0v) is 7.93. The van der Waals surface area contributed by atoms with Crippen molar-refractivity contribution in [3.8, 4) is 11.5 Å². The lowest BCUT2D eigenvalue weighted by Crippen LogP contribution is -2.16. The highest BCUT2D eigenvalue weighted by Gasteiger charge is 2.17. The maximum atomic E-state index is 5.68. The first-order chi connectivity index (χ1) is 5.79. The minimum atomic E-state index is 0.563. The average molecular weight is 230 g/mol. The van der Waals surface area contributed by atoms with E-state index in [1.807, 2.05) is 6.07 Å². The van der Waals surface area contributed by atoms with Gasteiger partial charge >= 0.3 is 0 Å². The number of rotatable bonds is 0. The van der Waals surface area contributed by atoms with Crippen molar-refractivity contribution in [2.24, 2.45) is 0 Å². The molecule has 1 aliphatic heterocycles. The predicted octanol–water partition coefficient (Wildman–Crippen LogP) is 1.80. The molecule has 0 unspecified atom stereocenters. The van der Waals surface area contributed by atoms with Gasteiger partial charge < -0.3 is 15.2 Å². The van der Waals surface area contributed by atoms with Gasteiger partial charge in [0, 0.05) is 0 Å². The van der Waals surface area contributed by atoms with Gasteiger partial charge in [0.25, 0.3) is 0 Å². The largest absolute Gasteiger partial charge is 0.485 e. The zero-order valence-electron chi connectivity index (χ0n) is 6.34. The maximum absolute atomic E-state index is 5.68. The second kappa shape index (κ2) is 2.86. The van der Waals surface area contributed by atoms with Crippen molar-refractivity contribution in [2.75, 3.05) is 18.9 Å². The molecular formula is C8H8BrNO2. The first-order valence-electron chi connectivity index (χ1n) is 3.62. The summed E-state index contributed by atoms with van der Waals surface area (Å²) in [6.07, 6.45) is 0. The summed E-state index contributed by atoms with van der Waals surface area (Å²) in [7, 11) is 0. The fraction of sp³-hybridized carbons (Fsp3) is 0.250. The molecule has 12 heavy (non-hydrogen) atoms. The Morgan fingerprint density at radius 1 is 1.17 bits per heavy atom. The monoisotopic (exact) mass is 229 g/mol. The maximum Gasteiger partial charge on any atom is 0.185 e. The summed E-state index contributed by atoms with van der Waals surface area (Å²) in [5.74, 6) is 1.36. The van der Waals surface area contributed by atoms with Gasteiger partial charge in [-0.25, -0.2) is 0 Å². The Bertz CT molecular complexity index is 283. The van der Waals surface area contributed by atoms with Crippen LogP contribution < -0.4 is 15.2 Å². The third-order valence-electron chi connectivity index (χ3n) is 1.67. The minimum absolute atomic E-state index is 0.563. The standard InChI is InChI=1S/C8H8BrNO2/c9-5-1-2-6(10)8-7(5)11-3-4-12-8/h1-2H,3-4,10H2. The molecule has 1 aromatic rings. The van der Waals surface area contributed by atoms with E-state index in [0.717, 1.165) is 4.47 Å². The van der Waals surface area contributed by atoms with Crippen LogP contribution in [0.25, 0.3) is 0 Å². The molecule has 0 atom stereocenters. The molecule has 0 bridgehead atoms. The molecule has 64 valence electrons. The van der Waals surface area contributed by atoms with Gasteiger partial charge in [0.1, 0.15) is 13.2 Å². The molecule has 2 N–H and O–H groups in total. The van der Waals surface area contributed by atoms with E-state index in [-0.39, 0.29) is 0 Å². The first-order valence-corrected chi connectivity index (χ1v) is 4.42. The van der Waals surface area contributed by atoms with E-state index in [4.69, 9.17) is 15.2 Å². The molecule has 1 aromatic carbocycles. The van der Waals surface area contributed by atoms with E-state index >= 15 is 0 Å². The van der Waals surface area contributed by atoms with Gasteiger partial charge in [0.05, 0.1) is 10.2 Å². The second-order valence-electron chi connectivity index (χ2n) is 2.49. The highest BCUT2D eigenvalue weighted by molar-refractivity contribution is 9.10. The summed E-state index contributed by atoms with van der Waals surface area (Å²) in [5, 5.41) is 0. The molecule has 1 heterocycles. The summed E-state index contributed by atoms with van der Waals surface area (Å²) in [5.41, 5.74) is 6.30. The number of hydrogen-bond donors (Lipinski definition) is 1. The Hall–Kier alpha value is -0.900. The van der Waals surface area contributed by atoms with Gasteiger partial charge in [0.15, 0.2) is 11.5 Å². The molecule has 0 saturated heterocycles. The molecule has 0 amide bonds. The normalized spacial score (nSPS) is 14.4. The molecule has 1 aliphatic rings. The van der Waals surface area contributed by atoms with E-state index in [9.17, 15) is 0 Å². The summed E-state index contributed by atoms with van der Waals surface area (Å²) < 4.78 is 11.6. The number of nitrogens with two attached hydrogens (primary N) is 1. The molecule has 3 nitrogen and oxygen atoms in total. The molecule has 0 aromatic heterocycles. The fourth-order valence-corrected chi connectivity index (χ4v) is 1.55. The van der Waals surface area contributed by atoms with Gasteiger partial charge in [-0.05, 0) is 28.1 Å². The van der Waals surface area contributed by atoms with Crippen LogP contribution in [0.15, 0.2) is 16.6 Å². The van der Waals surface area contributed by atoms with Crippen molar-refractivity contribution >= 4 is 21.6 Å². The lowest BCUT2D eigenvalue weighted by atomic mass is 10.2. The van der Waals surface area contributed by atoms with Gasteiger partial charge in [0.2, 0.25) is 0 Å². The van der Waals surface area contributed by atoms with Crippen molar-refractivity contribution in [1.29, 1.82) is 0 Å². The van der Waals surface area contributed by atoms with Gasteiger partial charge in [-0.2, -0.15) is 0 Å². The van der Waals surface area contributed by atoms with Crippen LogP contribution in [0.4, 0.5) is 5.69 Å². The van der Waals surface area contributed by atoms with Crippen LogP contribution in [0.2, 0.25) is 0 Å². The molecule has 0 radical (unpaired) electrons. The van der Waals surface area contributed by atoms with E-state index in [1.54, 1.807) is 6.07 Å². The Labute approximate surface area is 78.6 Å². The van der Waals surface area contributed by atoms with Crippen LogP contribution in [-0.4, -0.2) is 13.2 Å². The van der Waals surface area contributed by atoms with Crippen molar-refractivity contribution in [2.45, 2.75) is 0 Å². The van der Waals surface area contributed by atoms with E-state index < -0.39 is 0 Å². The zero-order chi connectivity index (χ0) is 8.55. The van der Waals surface area contributed by atoms with Crippen LogP contribution in [0.1, 0.15) is 0 Å². The second-order valence-corrected chi connectivity index (χ2v) is 3.35. The smallest absolute Gasteiger partial charge is 0.185 e. The Kier molecular flexibility index (Phi) is 1.84. The van der Waals surface area contributed by atoms with Crippen LogP contribution in [0.3, 0.4) is 0 Å². The number of hydrogen-bond acceptors (Lipinski definition) is 3. The minimum Gasteiger partial charge on any atom is -0.485 e. The number of nitrogen functional groups attached to an aromatic ring is 1. The SMILES string of the molecule is Nc1ccc(Br)c2c1OCCO2. The topological polar surface area (TPSA) is 44.5 Å². The van der Waals surface area contributed by atoms with E-state index in [0.29, 0.717) is 30.4 Å². The van der Waals surface area contributed by atoms with E-state index in [2.05, 4.69) is 15.9 Å². The lowest BCUT2D eigenvalue weighted by molar-refractivity contribution is 0.171. The molecule has 2 rings (SSSR count).